The quantitative estimate of drug-likeness (QED) is 0.846. The van der Waals surface area contributed by atoms with Crippen molar-refractivity contribution in [1.82, 2.24) is 14.5 Å². The lowest BCUT2D eigenvalue weighted by molar-refractivity contribution is 0.0688. The van der Waals surface area contributed by atoms with Gasteiger partial charge in [-0.15, -0.1) is 0 Å². The summed E-state index contributed by atoms with van der Waals surface area (Å²) >= 11 is 0. The molecule has 2 aliphatic heterocycles. The van der Waals surface area contributed by atoms with Crippen molar-refractivity contribution in [2.75, 3.05) is 13.2 Å². The number of ether oxygens (including phenoxy) is 1. The molecule has 6 heteroatoms. The number of aromatic amines is 1. The normalized spacial score (nSPS) is 24.1. The highest BCUT2D eigenvalue weighted by atomic mass is 19.1. The molecule has 138 valence electrons. The van der Waals surface area contributed by atoms with E-state index in [1.165, 1.54) is 11.6 Å². The summed E-state index contributed by atoms with van der Waals surface area (Å²) in [5.74, 6) is 0.701. The van der Waals surface area contributed by atoms with Gasteiger partial charge < -0.3 is 14.3 Å². The van der Waals surface area contributed by atoms with Gasteiger partial charge in [-0.25, -0.2) is 14.4 Å². The molecule has 5 rings (SSSR count). The van der Waals surface area contributed by atoms with E-state index < -0.39 is 0 Å². The maximum atomic E-state index is 13.5. The number of aromatic nitrogens is 3. The van der Waals surface area contributed by atoms with E-state index in [0.29, 0.717) is 12.5 Å². The van der Waals surface area contributed by atoms with Crippen LogP contribution in [-0.4, -0.2) is 34.0 Å². The second kappa shape index (κ2) is 6.78. The van der Waals surface area contributed by atoms with Gasteiger partial charge in [0.05, 0.1) is 17.0 Å². The van der Waals surface area contributed by atoms with E-state index in [2.05, 4.69) is 20.6 Å². The molecule has 0 amide bonds. The van der Waals surface area contributed by atoms with Crippen LogP contribution >= 0.6 is 0 Å². The first kappa shape index (κ1) is 16.4. The van der Waals surface area contributed by atoms with E-state index in [4.69, 9.17) is 9.72 Å². The van der Waals surface area contributed by atoms with E-state index in [1.54, 1.807) is 6.08 Å². The predicted molar refractivity (Wildman–Crippen MR) is 103 cm³/mol. The van der Waals surface area contributed by atoms with Gasteiger partial charge in [-0.1, -0.05) is 6.08 Å². The van der Waals surface area contributed by atoms with Gasteiger partial charge in [0.2, 0.25) is 0 Å². The van der Waals surface area contributed by atoms with Crippen molar-refractivity contribution in [2.24, 2.45) is 4.99 Å². The zero-order valence-electron chi connectivity index (χ0n) is 15.0. The van der Waals surface area contributed by atoms with Crippen molar-refractivity contribution in [2.45, 2.75) is 31.7 Å². The predicted octanol–water partition coefficient (Wildman–Crippen LogP) is 2.83. The Morgan fingerprint density at radius 3 is 2.89 bits per heavy atom. The minimum Gasteiger partial charge on any atom is -0.381 e. The van der Waals surface area contributed by atoms with Crippen molar-refractivity contribution in [3.8, 4) is 0 Å². The fourth-order valence-electron chi connectivity index (χ4n) is 4.11. The lowest BCUT2D eigenvalue weighted by Gasteiger charge is -2.24. The molecule has 1 N–H and O–H groups in total. The summed E-state index contributed by atoms with van der Waals surface area (Å²) in [7, 11) is 0. The van der Waals surface area contributed by atoms with Crippen LogP contribution in [0.5, 0.6) is 0 Å². The number of halogens is 1. The summed E-state index contributed by atoms with van der Waals surface area (Å²) in [5, 5.41) is 2.07. The molecule has 0 spiro atoms. The smallest absolute Gasteiger partial charge is 0.137 e. The topological polar surface area (TPSA) is 55.2 Å². The Hall–Kier alpha value is -2.73. The third-order valence-corrected chi connectivity index (χ3v) is 5.49. The van der Waals surface area contributed by atoms with Gasteiger partial charge in [0.25, 0.3) is 0 Å². The van der Waals surface area contributed by atoms with Gasteiger partial charge in [0.15, 0.2) is 0 Å². The number of hydrogen-bond donors (Lipinski definition) is 1. The van der Waals surface area contributed by atoms with Gasteiger partial charge in [0, 0.05) is 43.7 Å². The molecule has 1 fully saturated rings. The van der Waals surface area contributed by atoms with Crippen molar-refractivity contribution < 1.29 is 9.13 Å². The highest BCUT2D eigenvalue weighted by Crippen LogP contribution is 2.29. The average molecular weight is 364 g/mol. The van der Waals surface area contributed by atoms with E-state index >= 15 is 0 Å². The minimum atomic E-state index is -0.186. The SMILES string of the molecule is FC1=CCC(=c2ncn(C3CCOCC3)c2=C2CC=Nc3[nH]ccc32)C=C1. The van der Waals surface area contributed by atoms with Crippen LogP contribution in [0.1, 0.15) is 37.3 Å². The molecule has 4 heterocycles. The summed E-state index contributed by atoms with van der Waals surface area (Å²) in [6.45, 7) is 1.54. The molecular formula is C21H21FN4O. The fraction of sp³-hybridized carbons (Fsp3) is 0.333. The fourth-order valence-corrected chi connectivity index (χ4v) is 4.11. The number of hydrogen-bond acceptors (Lipinski definition) is 3. The molecular weight excluding hydrogens is 343 g/mol. The molecule has 3 aliphatic rings. The van der Waals surface area contributed by atoms with Crippen LogP contribution in [0.15, 0.2) is 47.6 Å². The minimum absolute atomic E-state index is 0.186. The number of fused-ring (bicyclic) bond motifs is 1. The Balaban J connectivity index is 1.79. The standard InChI is InChI=1S/C21H21FN4O/c22-15-3-1-14(2-4-15)19-20(17-5-9-23-21-18(17)6-10-24-21)26(13-25-19)16-7-11-27-12-8-16/h1,3-4,6,9-10,13,16,24H,2,5,7-8,11-12H2. The molecule has 0 atom stereocenters. The Labute approximate surface area is 156 Å². The monoisotopic (exact) mass is 364 g/mol. The number of nitrogens with one attached hydrogen (secondary N) is 1. The zero-order valence-corrected chi connectivity index (χ0v) is 15.0. The summed E-state index contributed by atoms with van der Waals surface area (Å²) in [5.41, 5.74) is 3.38. The summed E-state index contributed by atoms with van der Waals surface area (Å²) < 4.78 is 21.3. The largest absolute Gasteiger partial charge is 0.381 e. The van der Waals surface area contributed by atoms with Crippen molar-refractivity contribution in [3.05, 3.63) is 58.9 Å². The third-order valence-electron chi connectivity index (χ3n) is 5.49. The Kier molecular flexibility index (Phi) is 4.13. The molecule has 1 aliphatic carbocycles. The molecule has 2 aromatic rings. The third kappa shape index (κ3) is 2.90. The summed E-state index contributed by atoms with van der Waals surface area (Å²) in [6.07, 6.45) is 14.1. The molecule has 0 aromatic carbocycles. The van der Waals surface area contributed by atoms with E-state index in [-0.39, 0.29) is 5.83 Å². The highest BCUT2D eigenvalue weighted by Gasteiger charge is 2.21. The van der Waals surface area contributed by atoms with Crippen molar-refractivity contribution in [1.29, 1.82) is 0 Å². The van der Waals surface area contributed by atoms with Crippen LogP contribution in [0.25, 0.3) is 11.1 Å². The van der Waals surface area contributed by atoms with Crippen LogP contribution in [0.3, 0.4) is 0 Å². The van der Waals surface area contributed by atoms with Crippen LogP contribution in [0, 0.1) is 0 Å². The second-order valence-corrected chi connectivity index (χ2v) is 7.08. The number of allylic oxidation sites excluding steroid dienone is 4. The Morgan fingerprint density at radius 2 is 2.07 bits per heavy atom. The molecule has 0 saturated carbocycles. The van der Waals surface area contributed by atoms with E-state index in [9.17, 15) is 4.39 Å². The van der Waals surface area contributed by atoms with Gasteiger partial charge in [0.1, 0.15) is 11.6 Å². The maximum Gasteiger partial charge on any atom is 0.137 e. The number of nitrogens with zero attached hydrogens (tertiary/aromatic N) is 3. The van der Waals surface area contributed by atoms with Crippen molar-refractivity contribution >= 4 is 23.2 Å². The van der Waals surface area contributed by atoms with Gasteiger partial charge in [-0.05, 0) is 48.6 Å². The average Bonchev–Trinajstić information content (AvgIpc) is 3.36. The first-order valence-electron chi connectivity index (χ1n) is 9.42. The van der Waals surface area contributed by atoms with Crippen LogP contribution < -0.4 is 10.7 Å². The molecule has 1 saturated heterocycles. The van der Waals surface area contributed by atoms with E-state index in [1.807, 2.05) is 24.8 Å². The number of imidazole rings is 1. The van der Waals surface area contributed by atoms with Crippen molar-refractivity contribution in [3.63, 3.8) is 0 Å². The summed E-state index contributed by atoms with van der Waals surface area (Å²) in [4.78, 5) is 12.5. The van der Waals surface area contributed by atoms with Crippen LogP contribution in [-0.2, 0) is 4.74 Å². The number of aliphatic imine (C=N–C) groups is 1. The Bertz CT molecular complexity index is 1080. The molecule has 0 unspecified atom stereocenters. The van der Waals surface area contributed by atoms with Gasteiger partial charge in [-0.3, -0.25) is 0 Å². The molecule has 5 nitrogen and oxygen atoms in total. The van der Waals surface area contributed by atoms with Gasteiger partial charge >= 0.3 is 0 Å². The lowest BCUT2D eigenvalue weighted by Crippen LogP contribution is -2.38. The van der Waals surface area contributed by atoms with E-state index in [0.717, 1.165) is 60.1 Å². The number of rotatable bonds is 1. The first-order valence-corrected chi connectivity index (χ1v) is 9.42. The first-order chi connectivity index (χ1) is 13.3. The molecule has 0 radical (unpaired) electrons. The second-order valence-electron chi connectivity index (χ2n) is 7.08. The highest BCUT2D eigenvalue weighted by molar-refractivity contribution is 5.88. The Morgan fingerprint density at radius 1 is 1.19 bits per heavy atom. The van der Waals surface area contributed by atoms with Crippen LogP contribution in [0.4, 0.5) is 10.2 Å². The lowest BCUT2D eigenvalue weighted by atomic mass is 10.00. The van der Waals surface area contributed by atoms with Crippen LogP contribution in [0.2, 0.25) is 0 Å². The maximum absolute atomic E-state index is 13.5. The molecule has 2 aromatic heterocycles. The summed E-state index contributed by atoms with van der Waals surface area (Å²) in [6, 6.07) is 2.44. The van der Waals surface area contributed by atoms with Gasteiger partial charge in [-0.2, -0.15) is 0 Å². The molecule has 0 bridgehead atoms. The zero-order chi connectivity index (χ0) is 18.2. The molecule has 27 heavy (non-hydrogen) atoms. The number of H-pyrrole nitrogens is 1.